The number of carbonyl (C=O) groups excluding carboxylic acids is 1. The lowest BCUT2D eigenvalue weighted by atomic mass is 10.2. The molecule has 0 saturated carbocycles. The van der Waals surface area contributed by atoms with Crippen LogP contribution >= 0.6 is 11.3 Å². The van der Waals surface area contributed by atoms with E-state index in [2.05, 4.69) is 18.0 Å². The summed E-state index contributed by atoms with van der Waals surface area (Å²) < 4.78 is 26.4. The Kier molecular flexibility index (Phi) is 7.46. The molecule has 0 spiro atoms. The van der Waals surface area contributed by atoms with Gasteiger partial charge >= 0.3 is 0 Å². The highest BCUT2D eigenvalue weighted by atomic mass is 32.2. The SMILES string of the molecule is CCc1ccc2nc(N(CCN(C)C)C(=O)CCS(=O)(=O)c3ccc(C)cc3)sc2c1. The summed E-state index contributed by atoms with van der Waals surface area (Å²) in [5.74, 6) is -0.453. The molecule has 3 rings (SSSR count). The van der Waals surface area contributed by atoms with Crippen molar-refractivity contribution in [3.8, 4) is 0 Å². The van der Waals surface area contributed by atoms with Crippen molar-refractivity contribution in [2.24, 2.45) is 0 Å². The van der Waals surface area contributed by atoms with Crippen LogP contribution in [-0.4, -0.2) is 57.1 Å². The molecular weight excluding hydrogens is 430 g/mol. The van der Waals surface area contributed by atoms with Crippen LogP contribution in [0, 0.1) is 6.92 Å². The molecule has 0 N–H and O–H groups in total. The van der Waals surface area contributed by atoms with E-state index < -0.39 is 9.84 Å². The van der Waals surface area contributed by atoms with Crippen molar-refractivity contribution in [3.63, 3.8) is 0 Å². The summed E-state index contributed by atoms with van der Waals surface area (Å²) in [6.07, 6.45) is 0.850. The minimum Gasteiger partial charge on any atom is -0.308 e. The van der Waals surface area contributed by atoms with Gasteiger partial charge in [-0.2, -0.15) is 0 Å². The van der Waals surface area contributed by atoms with Crippen molar-refractivity contribution in [1.29, 1.82) is 0 Å². The normalized spacial score (nSPS) is 11.9. The van der Waals surface area contributed by atoms with Crippen molar-refractivity contribution in [3.05, 3.63) is 53.6 Å². The monoisotopic (exact) mass is 459 g/mol. The van der Waals surface area contributed by atoms with E-state index in [1.807, 2.05) is 38.1 Å². The van der Waals surface area contributed by atoms with Crippen molar-refractivity contribution in [1.82, 2.24) is 9.88 Å². The van der Waals surface area contributed by atoms with Gasteiger partial charge in [0.1, 0.15) is 0 Å². The van der Waals surface area contributed by atoms with Gasteiger partial charge < -0.3 is 4.90 Å². The minimum absolute atomic E-state index is 0.0836. The summed E-state index contributed by atoms with van der Waals surface area (Å²) in [5, 5.41) is 0.614. The molecule has 0 bridgehead atoms. The van der Waals surface area contributed by atoms with Crippen molar-refractivity contribution in [2.75, 3.05) is 37.8 Å². The average Bonchev–Trinajstić information content (AvgIpc) is 3.15. The smallest absolute Gasteiger partial charge is 0.229 e. The number of aromatic nitrogens is 1. The van der Waals surface area contributed by atoms with Crippen molar-refractivity contribution in [2.45, 2.75) is 31.6 Å². The number of amides is 1. The van der Waals surface area contributed by atoms with Crippen LogP contribution < -0.4 is 4.90 Å². The highest BCUT2D eigenvalue weighted by molar-refractivity contribution is 7.91. The summed E-state index contributed by atoms with van der Waals surface area (Å²) in [5.41, 5.74) is 3.07. The molecule has 1 heterocycles. The predicted molar refractivity (Wildman–Crippen MR) is 128 cm³/mol. The van der Waals surface area contributed by atoms with E-state index in [1.165, 1.54) is 16.9 Å². The zero-order chi connectivity index (χ0) is 22.6. The van der Waals surface area contributed by atoms with Crippen molar-refractivity contribution < 1.29 is 13.2 Å². The molecule has 3 aromatic rings. The van der Waals surface area contributed by atoms with Crippen LogP contribution in [0.3, 0.4) is 0 Å². The van der Waals surface area contributed by atoms with Crippen LogP contribution in [0.15, 0.2) is 47.4 Å². The predicted octanol–water partition coefficient (Wildman–Crippen LogP) is 3.93. The van der Waals surface area contributed by atoms with Crippen LogP contribution in [0.1, 0.15) is 24.5 Å². The molecule has 6 nitrogen and oxygen atoms in total. The molecule has 0 saturated heterocycles. The van der Waals surface area contributed by atoms with E-state index >= 15 is 0 Å². The molecule has 31 heavy (non-hydrogen) atoms. The number of thiazole rings is 1. The van der Waals surface area contributed by atoms with Crippen LogP contribution in [0.2, 0.25) is 0 Å². The van der Waals surface area contributed by atoms with Gasteiger partial charge in [0.15, 0.2) is 15.0 Å². The first kappa shape index (κ1) is 23.4. The third-order valence-corrected chi connectivity index (χ3v) is 7.89. The molecule has 166 valence electrons. The van der Waals surface area contributed by atoms with Crippen molar-refractivity contribution >= 4 is 42.4 Å². The van der Waals surface area contributed by atoms with Gasteiger partial charge in [-0.25, -0.2) is 13.4 Å². The van der Waals surface area contributed by atoms with Gasteiger partial charge in [0, 0.05) is 19.5 Å². The van der Waals surface area contributed by atoms with Gasteiger partial charge in [0.2, 0.25) is 5.91 Å². The Balaban J connectivity index is 1.81. The zero-order valence-electron chi connectivity index (χ0n) is 18.5. The zero-order valence-corrected chi connectivity index (χ0v) is 20.1. The van der Waals surface area contributed by atoms with Gasteiger partial charge in [-0.3, -0.25) is 9.69 Å². The van der Waals surface area contributed by atoms with E-state index in [4.69, 9.17) is 0 Å². The fourth-order valence-corrected chi connectivity index (χ4v) is 5.44. The summed E-state index contributed by atoms with van der Waals surface area (Å²) in [7, 11) is 0.354. The summed E-state index contributed by atoms with van der Waals surface area (Å²) in [4.78, 5) is 21.6. The Morgan fingerprint density at radius 2 is 1.77 bits per heavy atom. The third kappa shape index (κ3) is 5.90. The molecule has 0 aliphatic carbocycles. The Hall–Kier alpha value is -2.29. The maximum Gasteiger partial charge on any atom is 0.229 e. The average molecular weight is 460 g/mol. The second-order valence-electron chi connectivity index (χ2n) is 7.88. The lowest BCUT2D eigenvalue weighted by Crippen LogP contribution is -2.37. The molecule has 0 aliphatic rings. The lowest BCUT2D eigenvalue weighted by molar-refractivity contribution is -0.118. The maximum atomic E-state index is 13.1. The Morgan fingerprint density at radius 3 is 2.42 bits per heavy atom. The quantitative estimate of drug-likeness (QED) is 0.485. The highest BCUT2D eigenvalue weighted by Gasteiger charge is 2.23. The molecular formula is C23H29N3O3S2. The summed E-state index contributed by atoms with van der Waals surface area (Å²) in [6, 6.07) is 12.9. The first-order chi connectivity index (χ1) is 14.7. The number of hydrogen-bond donors (Lipinski definition) is 0. The number of benzene rings is 2. The van der Waals surface area contributed by atoms with Gasteiger partial charge in [-0.1, -0.05) is 42.0 Å². The second kappa shape index (κ2) is 9.89. The fraction of sp³-hybridized carbons (Fsp3) is 0.391. The lowest BCUT2D eigenvalue weighted by Gasteiger charge is -2.22. The first-order valence-corrected chi connectivity index (χ1v) is 12.8. The number of sulfone groups is 1. The molecule has 2 aromatic carbocycles. The van der Waals surface area contributed by atoms with E-state index in [1.54, 1.807) is 29.2 Å². The Labute approximate surface area is 188 Å². The van der Waals surface area contributed by atoms with E-state index in [-0.39, 0.29) is 23.0 Å². The van der Waals surface area contributed by atoms with E-state index in [0.717, 1.165) is 22.2 Å². The number of fused-ring (bicyclic) bond motifs is 1. The van der Waals surface area contributed by atoms with E-state index in [9.17, 15) is 13.2 Å². The maximum absolute atomic E-state index is 13.1. The molecule has 0 unspecified atom stereocenters. The van der Waals surface area contributed by atoms with Crippen LogP contribution in [-0.2, 0) is 21.1 Å². The number of anilines is 1. The number of aryl methyl sites for hydroxylation is 2. The first-order valence-electron chi connectivity index (χ1n) is 10.3. The molecule has 0 fully saturated rings. The molecule has 1 amide bonds. The van der Waals surface area contributed by atoms with Gasteiger partial charge in [0.25, 0.3) is 0 Å². The Bertz CT molecular complexity index is 1150. The second-order valence-corrected chi connectivity index (χ2v) is 11.0. The molecule has 1 aromatic heterocycles. The Morgan fingerprint density at radius 1 is 1.06 bits per heavy atom. The third-order valence-electron chi connectivity index (χ3n) is 5.12. The highest BCUT2D eigenvalue weighted by Crippen LogP contribution is 2.30. The standard InChI is InChI=1S/C23H29N3O3S2/c1-5-18-8-11-20-21(16-18)30-23(24-20)26(14-13-25(3)4)22(27)12-15-31(28,29)19-9-6-17(2)7-10-19/h6-11,16H,5,12-15H2,1-4H3. The number of nitrogens with zero attached hydrogens (tertiary/aromatic N) is 3. The van der Waals surface area contributed by atoms with Gasteiger partial charge in [-0.05, 0) is 57.3 Å². The largest absolute Gasteiger partial charge is 0.308 e. The molecule has 0 aliphatic heterocycles. The van der Waals surface area contributed by atoms with Crippen LogP contribution in [0.5, 0.6) is 0 Å². The van der Waals surface area contributed by atoms with E-state index in [0.29, 0.717) is 18.2 Å². The summed E-state index contributed by atoms with van der Waals surface area (Å²) >= 11 is 1.47. The minimum atomic E-state index is -3.53. The van der Waals surface area contributed by atoms with Gasteiger partial charge in [-0.15, -0.1) is 0 Å². The number of carbonyl (C=O) groups is 1. The number of likely N-dealkylation sites (N-methyl/N-ethyl adjacent to an activating group) is 1. The van der Waals surface area contributed by atoms with Gasteiger partial charge in [0.05, 0.1) is 20.9 Å². The summed E-state index contributed by atoms with van der Waals surface area (Å²) in [6.45, 7) is 5.12. The molecule has 0 radical (unpaired) electrons. The van der Waals surface area contributed by atoms with Crippen LogP contribution in [0.4, 0.5) is 5.13 Å². The number of hydrogen-bond acceptors (Lipinski definition) is 6. The number of rotatable bonds is 9. The molecule has 8 heteroatoms. The topological polar surface area (TPSA) is 70.6 Å². The van der Waals surface area contributed by atoms with Crippen LogP contribution in [0.25, 0.3) is 10.2 Å². The molecule has 0 atom stereocenters. The fourth-order valence-electron chi connectivity index (χ4n) is 3.14.